The molecule has 32 heavy (non-hydrogen) atoms. The molecule has 8 nitrogen and oxygen atoms in total. The number of carbonyl (C=O) groups excluding carboxylic acids is 1. The van der Waals surface area contributed by atoms with Gasteiger partial charge in [-0.1, -0.05) is 6.07 Å². The molecule has 1 unspecified atom stereocenters. The van der Waals surface area contributed by atoms with Gasteiger partial charge in [-0.05, 0) is 42.7 Å². The smallest absolute Gasteiger partial charge is 0.251 e. The summed E-state index contributed by atoms with van der Waals surface area (Å²) in [6.45, 7) is 4.01. The van der Waals surface area contributed by atoms with Crippen molar-refractivity contribution in [2.75, 3.05) is 39.8 Å². The number of pyridine rings is 1. The monoisotopic (exact) mass is 441 g/mol. The molecule has 0 aliphatic carbocycles. The number of rotatable bonds is 5. The second-order valence-corrected chi connectivity index (χ2v) is 7.78. The van der Waals surface area contributed by atoms with E-state index in [0.717, 1.165) is 37.5 Å². The SMILES string of the molecule is CN=C(NCc1ccc(Oc2ccc(F)cc2)nc1)N1CCN(C(=O)C2CCCO2)CC1. The zero-order valence-electron chi connectivity index (χ0n) is 18.2. The van der Waals surface area contributed by atoms with Gasteiger partial charge < -0.3 is 24.6 Å². The van der Waals surface area contributed by atoms with Gasteiger partial charge in [0.1, 0.15) is 17.7 Å². The first kappa shape index (κ1) is 22.0. The van der Waals surface area contributed by atoms with Crippen LogP contribution < -0.4 is 10.1 Å². The van der Waals surface area contributed by atoms with Crippen LogP contribution in [0.1, 0.15) is 18.4 Å². The largest absolute Gasteiger partial charge is 0.439 e. The van der Waals surface area contributed by atoms with Gasteiger partial charge in [0.15, 0.2) is 5.96 Å². The quantitative estimate of drug-likeness (QED) is 0.567. The summed E-state index contributed by atoms with van der Waals surface area (Å²) in [5.74, 6) is 1.56. The lowest BCUT2D eigenvalue weighted by molar-refractivity contribution is -0.142. The normalized spacial score (nSPS) is 19.2. The van der Waals surface area contributed by atoms with Crippen LogP contribution in [0.25, 0.3) is 0 Å². The van der Waals surface area contributed by atoms with E-state index in [4.69, 9.17) is 9.47 Å². The Kier molecular flexibility index (Phi) is 7.16. The number of hydrogen-bond acceptors (Lipinski definition) is 5. The Morgan fingerprint density at radius 1 is 1.19 bits per heavy atom. The number of guanidine groups is 1. The maximum absolute atomic E-state index is 13.0. The lowest BCUT2D eigenvalue weighted by Gasteiger charge is -2.37. The molecule has 1 atom stereocenters. The van der Waals surface area contributed by atoms with Crippen LogP contribution in [0.2, 0.25) is 0 Å². The molecule has 4 rings (SSSR count). The van der Waals surface area contributed by atoms with Crippen LogP contribution in [-0.2, 0) is 16.1 Å². The molecule has 2 aliphatic rings. The average molecular weight is 442 g/mol. The number of halogens is 1. The van der Waals surface area contributed by atoms with Crippen molar-refractivity contribution in [2.45, 2.75) is 25.5 Å². The molecule has 2 aromatic rings. The summed E-state index contributed by atoms with van der Waals surface area (Å²) in [4.78, 5) is 25.3. The first-order valence-corrected chi connectivity index (χ1v) is 10.9. The van der Waals surface area contributed by atoms with Gasteiger partial charge in [0.25, 0.3) is 5.91 Å². The van der Waals surface area contributed by atoms with Gasteiger partial charge >= 0.3 is 0 Å². The molecule has 9 heteroatoms. The van der Waals surface area contributed by atoms with Gasteiger partial charge in [-0.2, -0.15) is 0 Å². The van der Waals surface area contributed by atoms with Crippen LogP contribution in [-0.4, -0.2) is 72.6 Å². The topological polar surface area (TPSA) is 79.3 Å². The van der Waals surface area contributed by atoms with Crippen molar-refractivity contribution in [2.24, 2.45) is 4.99 Å². The zero-order chi connectivity index (χ0) is 22.3. The second-order valence-electron chi connectivity index (χ2n) is 7.78. The summed E-state index contributed by atoms with van der Waals surface area (Å²) in [5, 5.41) is 3.36. The number of nitrogens with zero attached hydrogens (tertiary/aromatic N) is 4. The molecule has 1 aromatic heterocycles. The van der Waals surface area contributed by atoms with Gasteiger partial charge in [0, 0.05) is 58.6 Å². The van der Waals surface area contributed by atoms with Gasteiger partial charge in [-0.15, -0.1) is 0 Å². The van der Waals surface area contributed by atoms with Crippen LogP contribution in [0, 0.1) is 5.82 Å². The molecule has 2 saturated heterocycles. The van der Waals surface area contributed by atoms with Crippen molar-refractivity contribution in [3.05, 3.63) is 54.0 Å². The van der Waals surface area contributed by atoms with E-state index < -0.39 is 0 Å². The highest BCUT2D eigenvalue weighted by molar-refractivity contribution is 5.82. The van der Waals surface area contributed by atoms with Gasteiger partial charge in [-0.25, -0.2) is 9.37 Å². The number of aliphatic imine (C=N–C) groups is 1. The van der Waals surface area contributed by atoms with E-state index in [1.54, 1.807) is 31.4 Å². The molecule has 1 aromatic carbocycles. The minimum absolute atomic E-state index is 0.110. The number of nitrogens with one attached hydrogen (secondary N) is 1. The second kappa shape index (κ2) is 10.4. The number of amides is 1. The molecule has 1 N–H and O–H groups in total. The third-order valence-corrected chi connectivity index (χ3v) is 5.59. The number of aromatic nitrogens is 1. The Morgan fingerprint density at radius 2 is 1.94 bits per heavy atom. The summed E-state index contributed by atoms with van der Waals surface area (Å²) in [6, 6.07) is 9.51. The van der Waals surface area contributed by atoms with Crippen LogP contribution in [0.3, 0.4) is 0 Å². The summed E-state index contributed by atoms with van der Waals surface area (Å²) in [7, 11) is 1.75. The first-order chi connectivity index (χ1) is 15.6. The van der Waals surface area contributed by atoms with E-state index in [1.165, 1.54) is 12.1 Å². The molecule has 0 spiro atoms. The summed E-state index contributed by atoms with van der Waals surface area (Å²) in [5.41, 5.74) is 0.977. The van der Waals surface area contributed by atoms with E-state index in [-0.39, 0.29) is 17.8 Å². The third-order valence-electron chi connectivity index (χ3n) is 5.59. The fourth-order valence-corrected chi connectivity index (χ4v) is 3.83. The molecule has 1 amide bonds. The molecular formula is C23H28FN5O3. The molecular weight excluding hydrogens is 413 g/mol. The number of piperazine rings is 1. The first-order valence-electron chi connectivity index (χ1n) is 10.9. The van der Waals surface area contributed by atoms with Gasteiger partial charge in [-0.3, -0.25) is 9.79 Å². The Morgan fingerprint density at radius 3 is 2.56 bits per heavy atom. The maximum atomic E-state index is 13.0. The Hall–Kier alpha value is -3.20. The number of ether oxygens (including phenoxy) is 2. The fraction of sp³-hybridized carbons (Fsp3) is 0.435. The third kappa shape index (κ3) is 5.53. The predicted octanol–water partition coefficient (Wildman–Crippen LogP) is 2.41. The molecule has 0 bridgehead atoms. The van der Waals surface area contributed by atoms with Crippen molar-refractivity contribution < 1.29 is 18.7 Å². The standard InChI is InChI=1S/C23H28FN5O3/c1-25-23(29-12-10-28(11-13-29)22(30)20-3-2-14-31-20)27-16-17-4-9-21(26-15-17)32-19-7-5-18(24)6-8-19/h4-9,15,20H,2-3,10-14,16H2,1H3,(H,25,27). The molecule has 3 heterocycles. The average Bonchev–Trinajstić information content (AvgIpc) is 3.37. The van der Waals surface area contributed by atoms with E-state index in [9.17, 15) is 9.18 Å². The van der Waals surface area contributed by atoms with Gasteiger partial charge in [0.2, 0.25) is 5.88 Å². The Balaban J connectivity index is 1.24. The summed E-state index contributed by atoms with van der Waals surface area (Å²) >= 11 is 0. The van der Waals surface area contributed by atoms with E-state index >= 15 is 0 Å². The predicted molar refractivity (Wildman–Crippen MR) is 118 cm³/mol. The van der Waals surface area contributed by atoms with E-state index in [0.29, 0.717) is 37.9 Å². The molecule has 2 fully saturated rings. The van der Waals surface area contributed by atoms with Crippen molar-refractivity contribution >= 4 is 11.9 Å². The van der Waals surface area contributed by atoms with Crippen molar-refractivity contribution in [1.29, 1.82) is 0 Å². The van der Waals surface area contributed by atoms with Gasteiger partial charge in [0.05, 0.1) is 0 Å². The van der Waals surface area contributed by atoms with Crippen LogP contribution >= 0.6 is 0 Å². The lowest BCUT2D eigenvalue weighted by Crippen LogP contribution is -2.55. The minimum atomic E-state index is -0.309. The lowest BCUT2D eigenvalue weighted by atomic mass is 10.2. The number of carbonyl (C=O) groups is 1. The highest BCUT2D eigenvalue weighted by Gasteiger charge is 2.30. The summed E-state index contributed by atoms with van der Waals surface area (Å²) in [6.07, 6.45) is 3.25. The molecule has 0 saturated carbocycles. The number of hydrogen-bond donors (Lipinski definition) is 1. The zero-order valence-corrected chi connectivity index (χ0v) is 18.2. The van der Waals surface area contributed by atoms with Crippen LogP contribution in [0.4, 0.5) is 4.39 Å². The molecule has 2 aliphatic heterocycles. The van der Waals surface area contributed by atoms with Crippen molar-refractivity contribution in [3.8, 4) is 11.6 Å². The van der Waals surface area contributed by atoms with Crippen LogP contribution in [0.15, 0.2) is 47.6 Å². The van der Waals surface area contributed by atoms with Crippen molar-refractivity contribution in [1.82, 2.24) is 20.1 Å². The highest BCUT2D eigenvalue weighted by Crippen LogP contribution is 2.20. The van der Waals surface area contributed by atoms with E-state index in [1.807, 2.05) is 11.0 Å². The fourth-order valence-electron chi connectivity index (χ4n) is 3.83. The molecule has 170 valence electrons. The Labute approximate surface area is 187 Å². The Bertz CT molecular complexity index is 922. The minimum Gasteiger partial charge on any atom is -0.439 e. The van der Waals surface area contributed by atoms with E-state index in [2.05, 4.69) is 20.2 Å². The summed E-state index contributed by atoms with van der Waals surface area (Å²) < 4.78 is 24.1. The number of benzene rings is 1. The van der Waals surface area contributed by atoms with Crippen molar-refractivity contribution in [3.63, 3.8) is 0 Å². The maximum Gasteiger partial charge on any atom is 0.251 e. The molecule has 0 radical (unpaired) electrons. The van der Waals surface area contributed by atoms with Crippen LogP contribution in [0.5, 0.6) is 11.6 Å². The highest BCUT2D eigenvalue weighted by atomic mass is 19.1.